The molecule has 62 valence electrons. The molecule has 0 unspecified atom stereocenters. The molecule has 0 aliphatic rings. The van der Waals surface area contributed by atoms with E-state index in [1.165, 1.54) is 0 Å². The molecule has 0 radical (unpaired) electrons. The van der Waals surface area contributed by atoms with Crippen molar-refractivity contribution < 1.29 is 0 Å². The summed E-state index contributed by atoms with van der Waals surface area (Å²) in [5, 5.41) is 0.750. The second-order valence-electron chi connectivity index (χ2n) is 1.80. The molecule has 0 aromatic heterocycles. The standard InChI is InChI=1S/C7H8ClN.C2H6/c8-7-4-2-1-3-6(7)5-9;1-2/h1-4H,5,9H2;1-2H3. The van der Waals surface area contributed by atoms with Crippen LogP contribution in [-0.4, -0.2) is 0 Å². The first-order valence-corrected chi connectivity index (χ1v) is 4.16. The van der Waals surface area contributed by atoms with Gasteiger partial charge in [0.2, 0.25) is 0 Å². The fraction of sp³-hybridized carbons (Fsp3) is 0.333. The summed E-state index contributed by atoms with van der Waals surface area (Å²) >= 11 is 5.74. The van der Waals surface area contributed by atoms with Crippen LogP contribution in [0.4, 0.5) is 0 Å². The lowest BCUT2D eigenvalue weighted by atomic mass is 10.2. The number of benzene rings is 1. The van der Waals surface area contributed by atoms with Crippen LogP contribution in [0.3, 0.4) is 0 Å². The van der Waals surface area contributed by atoms with Gasteiger partial charge in [-0.25, -0.2) is 0 Å². The molecule has 1 rings (SSSR count). The zero-order chi connectivity index (χ0) is 8.69. The molecule has 11 heavy (non-hydrogen) atoms. The molecule has 1 nitrogen and oxygen atoms in total. The van der Waals surface area contributed by atoms with Crippen LogP contribution >= 0.6 is 11.6 Å². The second-order valence-corrected chi connectivity index (χ2v) is 2.20. The molecule has 2 heteroatoms. The Hall–Kier alpha value is -0.530. The molecule has 0 saturated carbocycles. The highest BCUT2D eigenvalue weighted by Gasteiger charge is 1.92. The minimum atomic E-state index is 0.514. The summed E-state index contributed by atoms with van der Waals surface area (Å²) in [4.78, 5) is 0. The maximum Gasteiger partial charge on any atom is 0.0450 e. The molecule has 0 fully saturated rings. The number of hydrogen-bond donors (Lipinski definition) is 1. The van der Waals surface area contributed by atoms with Gasteiger partial charge in [-0.15, -0.1) is 0 Å². The Bertz CT molecular complexity index is 199. The van der Waals surface area contributed by atoms with Gasteiger partial charge < -0.3 is 5.73 Å². The van der Waals surface area contributed by atoms with Crippen LogP contribution in [0, 0.1) is 0 Å². The van der Waals surface area contributed by atoms with E-state index in [2.05, 4.69) is 0 Å². The Kier molecular flexibility index (Phi) is 5.90. The van der Waals surface area contributed by atoms with Gasteiger partial charge in [0.05, 0.1) is 0 Å². The van der Waals surface area contributed by atoms with Crippen LogP contribution in [-0.2, 0) is 6.54 Å². The highest BCUT2D eigenvalue weighted by atomic mass is 35.5. The van der Waals surface area contributed by atoms with Crippen molar-refractivity contribution in [1.82, 2.24) is 0 Å². The van der Waals surface area contributed by atoms with E-state index in [0.717, 1.165) is 10.6 Å². The third kappa shape index (κ3) is 3.40. The quantitative estimate of drug-likeness (QED) is 0.691. The maximum absolute atomic E-state index is 5.74. The summed E-state index contributed by atoms with van der Waals surface area (Å²) in [5.74, 6) is 0. The SMILES string of the molecule is CC.NCc1ccccc1Cl. The molecule has 0 aliphatic heterocycles. The monoisotopic (exact) mass is 171 g/mol. The van der Waals surface area contributed by atoms with Crippen LogP contribution in [0.1, 0.15) is 19.4 Å². The van der Waals surface area contributed by atoms with Crippen molar-refractivity contribution in [2.75, 3.05) is 0 Å². The van der Waals surface area contributed by atoms with E-state index in [1.54, 1.807) is 0 Å². The first-order chi connectivity index (χ1) is 5.34. The fourth-order valence-electron chi connectivity index (χ4n) is 0.664. The zero-order valence-electron chi connectivity index (χ0n) is 6.97. The highest BCUT2D eigenvalue weighted by Crippen LogP contribution is 2.12. The van der Waals surface area contributed by atoms with Gasteiger partial charge in [0.15, 0.2) is 0 Å². The van der Waals surface area contributed by atoms with Gasteiger partial charge in [-0.3, -0.25) is 0 Å². The van der Waals surface area contributed by atoms with E-state index < -0.39 is 0 Å². The normalized spacial score (nSPS) is 8.36. The predicted octanol–water partition coefficient (Wildman–Crippen LogP) is 2.82. The Morgan fingerprint density at radius 1 is 1.27 bits per heavy atom. The Labute approximate surface area is 73.2 Å². The molecule has 0 heterocycles. The fourth-order valence-corrected chi connectivity index (χ4v) is 0.877. The largest absolute Gasteiger partial charge is 0.326 e. The summed E-state index contributed by atoms with van der Waals surface area (Å²) in [7, 11) is 0. The topological polar surface area (TPSA) is 26.0 Å². The summed E-state index contributed by atoms with van der Waals surface area (Å²) in [6.07, 6.45) is 0. The molecular formula is C9H14ClN. The van der Waals surface area contributed by atoms with Crippen LogP contribution < -0.4 is 5.73 Å². The Morgan fingerprint density at radius 2 is 1.82 bits per heavy atom. The number of nitrogens with two attached hydrogens (primary N) is 1. The van der Waals surface area contributed by atoms with Crippen molar-refractivity contribution in [3.05, 3.63) is 34.9 Å². The lowest BCUT2D eigenvalue weighted by Crippen LogP contribution is -1.95. The average molecular weight is 172 g/mol. The number of halogens is 1. The van der Waals surface area contributed by atoms with Crippen molar-refractivity contribution >= 4 is 11.6 Å². The lowest BCUT2D eigenvalue weighted by molar-refractivity contribution is 1.07. The molecule has 1 aromatic carbocycles. The minimum absolute atomic E-state index is 0.514. The van der Waals surface area contributed by atoms with Crippen LogP contribution in [0.25, 0.3) is 0 Å². The Balaban J connectivity index is 0.000000461. The first-order valence-electron chi connectivity index (χ1n) is 3.78. The molecule has 0 atom stereocenters. The van der Waals surface area contributed by atoms with Crippen LogP contribution in [0.2, 0.25) is 5.02 Å². The number of rotatable bonds is 1. The van der Waals surface area contributed by atoms with Gasteiger partial charge in [-0.05, 0) is 11.6 Å². The van der Waals surface area contributed by atoms with Gasteiger partial charge in [0, 0.05) is 11.6 Å². The van der Waals surface area contributed by atoms with Gasteiger partial charge in [-0.1, -0.05) is 43.6 Å². The smallest absolute Gasteiger partial charge is 0.0450 e. The molecule has 0 amide bonds. The molecule has 0 aliphatic carbocycles. The summed E-state index contributed by atoms with van der Waals surface area (Å²) in [6.45, 7) is 4.51. The molecular weight excluding hydrogens is 158 g/mol. The van der Waals surface area contributed by atoms with Crippen molar-refractivity contribution in [2.45, 2.75) is 20.4 Å². The third-order valence-electron chi connectivity index (χ3n) is 1.18. The van der Waals surface area contributed by atoms with Gasteiger partial charge in [0.25, 0.3) is 0 Å². The first kappa shape index (κ1) is 10.5. The minimum Gasteiger partial charge on any atom is -0.326 e. The van der Waals surface area contributed by atoms with E-state index in [-0.39, 0.29) is 0 Å². The Morgan fingerprint density at radius 3 is 2.18 bits per heavy atom. The zero-order valence-corrected chi connectivity index (χ0v) is 7.73. The highest BCUT2D eigenvalue weighted by molar-refractivity contribution is 6.31. The van der Waals surface area contributed by atoms with E-state index >= 15 is 0 Å². The average Bonchev–Trinajstić information content (AvgIpc) is 2.09. The van der Waals surface area contributed by atoms with Gasteiger partial charge in [-0.2, -0.15) is 0 Å². The van der Waals surface area contributed by atoms with Crippen LogP contribution in [0.15, 0.2) is 24.3 Å². The van der Waals surface area contributed by atoms with E-state index in [9.17, 15) is 0 Å². The lowest BCUT2D eigenvalue weighted by Gasteiger charge is -1.96. The van der Waals surface area contributed by atoms with E-state index in [1.807, 2.05) is 38.1 Å². The summed E-state index contributed by atoms with van der Waals surface area (Å²) in [6, 6.07) is 7.57. The van der Waals surface area contributed by atoms with Crippen molar-refractivity contribution in [3.8, 4) is 0 Å². The summed E-state index contributed by atoms with van der Waals surface area (Å²) in [5.41, 5.74) is 6.37. The van der Waals surface area contributed by atoms with Gasteiger partial charge >= 0.3 is 0 Å². The van der Waals surface area contributed by atoms with Crippen molar-refractivity contribution in [1.29, 1.82) is 0 Å². The molecule has 2 N–H and O–H groups in total. The van der Waals surface area contributed by atoms with Crippen LogP contribution in [0.5, 0.6) is 0 Å². The summed E-state index contributed by atoms with van der Waals surface area (Å²) < 4.78 is 0. The van der Waals surface area contributed by atoms with Crippen molar-refractivity contribution in [3.63, 3.8) is 0 Å². The van der Waals surface area contributed by atoms with Crippen molar-refractivity contribution in [2.24, 2.45) is 5.73 Å². The van der Waals surface area contributed by atoms with E-state index in [4.69, 9.17) is 17.3 Å². The second kappa shape index (κ2) is 6.20. The maximum atomic E-state index is 5.74. The molecule has 0 saturated heterocycles. The predicted molar refractivity (Wildman–Crippen MR) is 50.7 cm³/mol. The number of hydrogen-bond acceptors (Lipinski definition) is 1. The molecule has 0 spiro atoms. The third-order valence-corrected chi connectivity index (χ3v) is 1.55. The molecule has 1 aromatic rings. The van der Waals surface area contributed by atoms with E-state index in [0.29, 0.717) is 6.54 Å². The molecule has 0 bridgehead atoms. The van der Waals surface area contributed by atoms with Gasteiger partial charge in [0.1, 0.15) is 0 Å².